The molecule has 0 N–H and O–H groups in total. The topological polar surface area (TPSA) is 38.7 Å². The molecule has 19 heavy (non-hydrogen) atoms. The molecule has 0 bridgehead atoms. The summed E-state index contributed by atoms with van der Waals surface area (Å²) in [5.74, 6) is -0.326. The number of hydrogen-bond donors (Lipinski definition) is 0. The monoisotopic (exact) mass is 253 g/mol. The maximum atomic E-state index is 11.3. The number of hydrogen-bond acceptors (Lipinski definition) is 3. The van der Waals surface area contributed by atoms with Crippen molar-refractivity contribution in [2.45, 2.75) is 6.54 Å². The lowest BCUT2D eigenvalue weighted by molar-refractivity contribution is 0.0601. The summed E-state index contributed by atoms with van der Waals surface area (Å²) >= 11 is 0. The normalized spacial score (nSPS) is 10.6. The molecule has 0 fully saturated rings. The summed E-state index contributed by atoms with van der Waals surface area (Å²) in [6, 6.07) is 17.2. The second kappa shape index (κ2) is 6.50. The third-order valence-corrected chi connectivity index (χ3v) is 2.69. The van der Waals surface area contributed by atoms with Gasteiger partial charge < -0.3 is 4.74 Å². The molecule has 0 atom stereocenters. The van der Waals surface area contributed by atoms with Crippen molar-refractivity contribution in [3.05, 3.63) is 71.3 Å². The zero-order valence-electron chi connectivity index (χ0n) is 10.7. The van der Waals surface area contributed by atoms with E-state index in [1.807, 2.05) is 42.5 Å². The highest BCUT2D eigenvalue weighted by molar-refractivity contribution is 5.90. The molecule has 0 saturated carbocycles. The number of nitrogens with zero attached hydrogens (tertiary/aromatic N) is 1. The molecular weight excluding hydrogens is 238 g/mol. The molecule has 3 heteroatoms. The molecule has 96 valence electrons. The van der Waals surface area contributed by atoms with E-state index in [0.29, 0.717) is 12.1 Å². The van der Waals surface area contributed by atoms with Crippen LogP contribution in [0.3, 0.4) is 0 Å². The number of aliphatic imine (C=N–C) groups is 1. The van der Waals surface area contributed by atoms with Crippen LogP contribution in [0, 0.1) is 0 Å². The molecule has 2 rings (SSSR count). The predicted molar refractivity (Wildman–Crippen MR) is 75.5 cm³/mol. The number of methoxy groups -OCH3 is 1. The minimum absolute atomic E-state index is 0.326. The Kier molecular flexibility index (Phi) is 4.45. The van der Waals surface area contributed by atoms with Gasteiger partial charge in [0.05, 0.1) is 19.2 Å². The molecule has 0 saturated heterocycles. The summed E-state index contributed by atoms with van der Waals surface area (Å²) in [5, 5.41) is 0. The average molecular weight is 253 g/mol. The average Bonchev–Trinajstić information content (AvgIpc) is 2.48. The number of esters is 1. The maximum Gasteiger partial charge on any atom is 0.337 e. The van der Waals surface area contributed by atoms with Crippen molar-refractivity contribution in [3.8, 4) is 0 Å². The van der Waals surface area contributed by atoms with Crippen molar-refractivity contribution in [3.63, 3.8) is 0 Å². The second-order valence-corrected chi connectivity index (χ2v) is 4.07. The highest BCUT2D eigenvalue weighted by Gasteiger charge is 2.03. The number of rotatable bonds is 4. The highest BCUT2D eigenvalue weighted by atomic mass is 16.5. The molecule has 0 aliphatic rings. The summed E-state index contributed by atoms with van der Waals surface area (Å²) in [5.41, 5.74) is 2.68. The molecule has 0 amide bonds. The Hall–Kier alpha value is -2.42. The number of carbonyl (C=O) groups excluding carboxylic acids is 1. The quantitative estimate of drug-likeness (QED) is 0.620. The van der Waals surface area contributed by atoms with E-state index < -0.39 is 0 Å². The SMILES string of the molecule is COC(=O)c1ccc(/C=N/Cc2ccccc2)cc1. The smallest absolute Gasteiger partial charge is 0.337 e. The summed E-state index contributed by atoms with van der Waals surface area (Å²) in [6.45, 7) is 0.652. The second-order valence-electron chi connectivity index (χ2n) is 4.07. The molecule has 0 unspecified atom stereocenters. The Labute approximate surface area is 112 Å². The molecule has 3 nitrogen and oxygen atoms in total. The van der Waals surface area contributed by atoms with Crippen LogP contribution in [0.4, 0.5) is 0 Å². The van der Waals surface area contributed by atoms with E-state index >= 15 is 0 Å². The van der Waals surface area contributed by atoms with Gasteiger partial charge >= 0.3 is 5.97 Å². The van der Waals surface area contributed by atoms with Crippen LogP contribution in [0.15, 0.2) is 59.6 Å². The van der Waals surface area contributed by atoms with Crippen LogP contribution in [0.25, 0.3) is 0 Å². The molecule has 0 radical (unpaired) electrons. The fourth-order valence-electron chi connectivity index (χ4n) is 1.66. The van der Waals surface area contributed by atoms with Crippen LogP contribution in [0.1, 0.15) is 21.5 Å². The standard InChI is InChI=1S/C16H15NO2/c1-19-16(18)15-9-7-14(8-10-15)12-17-11-13-5-3-2-4-6-13/h2-10,12H,11H2,1H3/b17-12+. The molecular formula is C16H15NO2. The molecule has 0 spiro atoms. The Morgan fingerprint density at radius 3 is 2.42 bits per heavy atom. The van der Waals surface area contributed by atoms with Crippen molar-refractivity contribution >= 4 is 12.2 Å². The summed E-state index contributed by atoms with van der Waals surface area (Å²) in [6.07, 6.45) is 1.80. The van der Waals surface area contributed by atoms with Gasteiger partial charge in [-0.15, -0.1) is 0 Å². The van der Waals surface area contributed by atoms with E-state index in [-0.39, 0.29) is 5.97 Å². The van der Waals surface area contributed by atoms with Gasteiger partial charge in [0.25, 0.3) is 0 Å². The van der Waals surface area contributed by atoms with Crippen LogP contribution in [0.5, 0.6) is 0 Å². The van der Waals surface area contributed by atoms with Gasteiger partial charge in [0.1, 0.15) is 0 Å². The first-order valence-electron chi connectivity index (χ1n) is 6.02. The Bertz CT molecular complexity index is 559. The van der Waals surface area contributed by atoms with Crippen molar-refractivity contribution in [1.29, 1.82) is 0 Å². The first-order valence-corrected chi connectivity index (χ1v) is 6.02. The van der Waals surface area contributed by atoms with Gasteiger partial charge in [-0.1, -0.05) is 42.5 Å². The van der Waals surface area contributed by atoms with Crippen LogP contribution in [-0.2, 0) is 11.3 Å². The van der Waals surface area contributed by atoms with Gasteiger partial charge in [0.15, 0.2) is 0 Å². The van der Waals surface area contributed by atoms with Crippen molar-refractivity contribution in [2.24, 2.45) is 4.99 Å². The summed E-state index contributed by atoms with van der Waals surface area (Å²) < 4.78 is 4.64. The van der Waals surface area contributed by atoms with E-state index in [0.717, 1.165) is 5.56 Å². The van der Waals surface area contributed by atoms with Crippen LogP contribution in [-0.4, -0.2) is 19.3 Å². The Morgan fingerprint density at radius 2 is 1.79 bits per heavy atom. The van der Waals surface area contributed by atoms with Crippen LogP contribution >= 0.6 is 0 Å². The van der Waals surface area contributed by atoms with Gasteiger partial charge in [-0.05, 0) is 23.3 Å². The van der Waals surface area contributed by atoms with Crippen molar-refractivity contribution in [1.82, 2.24) is 0 Å². The molecule has 0 heterocycles. The minimum atomic E-state index is -0.326. The predicted octanol–water partition coefficient (Wildman–Crippen LogP) is 3.09. The third-order valence-electron chi connectivity index (χ3n) is 2.69. The van der Waals surface area contributed by atoms with E-state index in [1.54, 1.807) is 18.3 Å². The largest absolute Gasteiger partial charge is 0.465 e. The van der Waals surface area contributed by atoms with Crippen molar-refractivity contribution in [2.75, 3.05) is 7.11 Å². The lowest BCUT2D eigenvalue weighted by Crippen LogP contribution is -2.00. The zero-order valence-corrected chi connectivity index (χ0v) is 10.7. The van der Waals surface area contributed by atoms with Crippen molar-refractivity contribution < 1.29 is 9.53 Å². The summed E-state index contributed by atoms with van der Waals surface area (Å²) in [4.78, 5) is 15.6. The Balaban J connectivity index is 1.98. The molecule has 0 aromatic heterocycles. The maximum absolute atomic E-state index is 11.3. The fraction of sp³-hybridized carbons (Fsp3) is 0.125. The minimum Gasteiger partial charge on any atom is -0.465 e. The first-order chi connectivity index (χ1) is 9.29. The Morgan fingerprint density at radius 1 is 1.11 bits per heavy atom. The van der Waals surface area contributed by atoms with Gasteiger partial charge in [-0.25, -0.2) is 4.79 Å². The number of benzene rings is 2. The van der Waals surface area contributed by atoms with E-state index in [1.165, 1.54) is 12.7 Å². The van der Waals surface area contributed by atoms with E-state index in [2.05, 4.69) is 9.73 Å². The van der Waals surface area contributed by atoms with Crippen LogP contribution in [0.2, 0.25) is 0 Å². The molecule has 0 aliphatic heterocycles. The van der Waals surface area contributed by atoms with Gasteiger partial charge in [-0.3, -0.25) is 4.99 Å². The molecule has 2 aromatic carbocycles. The van der Waals surface area contributed by atoms with Gasteiger partial charge in [0, 0.05) is 6.21 Å². The highest BCUT2D eigenvalue weighted by Crippen LogP contribution is 2.05. The van der Waals surface area contributed by atoms with Gasteiger partial charge in [-0.2, -0.15) is 0 Å². The van der Waals surface area contributed by atoms with E-state index in [4.69, 9.17) is 0 Å². The number of ether oxygens (including phenoxy) is 1. The fourth-order valence-corrected chi connectivity index (χ4v) is 1.66. The van der Waals surface area contributed by atoms with Gasteiger partial charge in [0.2, 0.25) is 0 Å². The summed E-state index contributed by atoms with van der Waals surface area (Å²) in [7, 11) is 1.37. The van der Waals surface area contributed by atoms with E-state index in [9.17, 15) is 4.79 Å². The molecule has 2 aromatic rings. The van der Waals surface area contributed by atoms with Crippen LogP contribution < -0.4 is 0 Å². The molecule has 0 aliphatic carbocycles. The first kappa shape index (κ1) is 13.0. The zero-order chi connectivity index (χ0) is 13.5. The lowest BCUT2D eigenvalue weighted by atomic mass is 10.1. The lowest BCUT2D eigenvalue weighted by Gasteiger charge is -1.99. The number of carbonyl (C=O) groups is 1. The third kappa shape index (κ3) is 3.78.